The van der Waals surface area contributed by atoms with Crippen LogP contribution in [0.2, 0.25) is 0 Å². The van der Waals surface area contributed by atoms with Gasteiger partial charge < -0.3 is 5.32 Å². The van der Waals surface area contributed by atoms with E-state index in [0.29, 0.717) is 6.54 Å². The van der Waals surface area contributed by atoms with Crippen molar-refractivity contribution < 1.29 is 9.63 Å². The van der Waals surface area contributed by atoms with Crippen LogP contribution in [0.15, 0.2) is 24.3 Å². The number of nitrogens with one attached hydrogen (secondary N) is 2. The number of hydrogen-bond acceptors (Lipinski definition) is 3. The number of carbonyl (C=O) groups is 1. The van der Waals surface area contributed by atoms with Crippen LogP contribution in [0.5, 0.6) is 0 Å². The van der Waals surface area contributed by atoms with Gasteiger partial charge in [-0.1, -0.05) is 37.1 Å². The van der Waals surface area contributed by atoms with Crippen LogP contribution in [-0.2, 0) is 16.2 Å². The van der Waals surface area contributed by atoms with E-state index in [-0.39, 0.29) is 17.9 Å². The van der Waals surface area contributed by atoms with Crippen LogP contribution in [0.25, 0.3) is 0 Å². The summed E-state index contributed by atoms with van der Waals surface area (Å²) in [6.07, 6.45) is 4.72. The van der Waals surface area contributed by atoms with Gasteiger partial charge in [-0.15, -0.1) is 0 Å². The molecule has 0 aromatic heterocycles. The van der Waals surface area contributed by atoms with Crippen LogP contribution in [-0.4, -0.2) is 18.6 Å². The van der Waals surface area contributed by atoms with E-state index in [9.17, 15) is 4.79 Å². The van der Waals surface area contributed by atoms with Gasteiger partial charge in [0.1, 0.15) is 0 Å². The van der Waals surface area contributed by atoms with E-state index in [1.54, 1.807) is 0 Å². The zero-order chi connectivity index (χ0) is 13.1. The van der Waals surface area contributed by atoms with Gasteiger partial charge in [0.05, 0.1) is 12.0 Å². The highest BCUT2D eigenvalue weighted by atomic mass is 16.7. The van der Waals surface area contributed by atoms with Crippen LogP contribution >= 0.6 is 0 Å². The summed E-state index contributed by atoms with van der Waals surface area (Å²) >= 11 is 0. The highest BCUT2D eigenvalue weighted by Crippen LogP contribution is 2.24. The Morgan fingerprint density at radius 2 is 2.05 bits per heavy atom. The van der Waals surface area contributed by atoms with E-state index in [4.69, 9.17) is 4.84 Å². The number of fused-ring (bicyclic) bond motifs is 1. The van der Waals surface area contributed by atoms with Crippen LogP contribution < -0.4 is 10.8 Å². The molecule has 1 aromatic carbocycles. The van der Waals surface area contributed by atoms with E-state index in [1.165, 1.54) is 18.4 Å². The second-order valence-electron chi connectivity index (χ2n) is 5.37. The highest BCUT2D eigenvalue weighted by Gasteiger charge is 2.27. The zero-order valence-corrected chi connectivity index (χ0v) is 11.0. The Kier molecular flexibility index (Phi) is 3.80. The Morgan fingerprint density at radius 1 is 1.26 bits per heavy atom. The lowest BCUT2D eigenvalue weighted by Crippen LogP contribution is -2.40. The molecule has 0 bridgehead atoms. The molecule has 1 aromatic rings. The molecule has 19 heavy (non-hydrogen) atoms. The largest absolute Gasteiger partial charge is 0.312 e. The average Bonchev–Trinajstić information content (AvgIpc) is 2.97. The highest BCUT2D eigenvalue weighted by molar-refractivity contribution is 5.83. The van der Waals surface area contributed by atoms with Crippen LogP contribution in [0, 0.1) is 0 Å². The molecule has 1 heterocycles. The van der Waals surface area contributed by atoms with E-state index < -0.39 is 0 Å². The number of hydrogen-bond donors (Lipinski definition) is 2. The van der Waals surface area contributed by atoms with Gasteiger partial charge in [-0.3, -0.25) is 9.63 Å². The minimum absolute atomic E-state index is 0.0356. The van der Waals surface area contributed by atoms with E-state index in [0.717, 1.165) is 24.9 Å². The summed E-state index contributed by atoms with van der Waals surface area (Å²) in [6.45, 7) is 1.51. The molecule has 4 heteroatoms. The molecule has 1 atom stereocenters. The lowest BCUT2D eigenvalue weighted by Gasteiger charge is -2.25. The van der Waals surface area contributed by atoms with Gasteiger partial charge in [0.2, 0.25) is 0 Å². The van der Waals surface area contributed by atoms with Gasteiger partial charge >= 0.3 is 0 Å². The number of carbonyl (C=O) groups excluding carboxylic acids is 1. The van der Waals surface area contributed by atoms with Crippen molar-refractivity contribution in [3.05, 3.63) is 35.4 Å². The van der Waals surface area contributed by atoms with Crippen LogP contribution in [0.1, 0.15) is 42.7 Å². The lowest BCUT2D eigenvalue weighted by atomic mass is 9.90. The van der Waals surface area contributed by atoms with Crippen molar-refractivity contribution >= 4 is 5.91 Å². The molecule has 1 aliphatic heterocycles. The fourth-order valence-electron chi connectivity index (χ4n) is 2.95. The summed E-state index contributed by atoms with van der Waals surface area (Å²) < 4.78 is 0. The molecular formula is C15H20N2O2. The average molecular weight is 260 g/mol. The Hall–Kier alpha value is -1.39. The Morgan fingerprint density at radius 3 is 2.89 bits per heavy atom. The maximum Gasteiger partial charge on any atom is 0.252 e. The van der Waals surface area contributed by atoms with E-state index >= 15 is 0 Å². The first-order valence-corrected chi connectivity index (χ1v) is 7.08. The topological polar surface area (TPSA) is 50.4 Å². The van der Waals surface area contributed by atoms with Gasteiger partial charge in [0.15, 0.2) is 0 Å². The smallest absolute Gasteiger partial charge is 0.252 e. The predicted octanol–water partition coefficient (Wildman–Crippen LogP) is 1.86. The van der Waals surface area contributed by atoms with Crippen molar-refractivity contribution in [2.45, 2.75) is 44.2 Å². The zero-order valence-electron chi connectivity index (χ0n) is 11.0. The molecule has 1 fully saturated rings. The Labute approximate surface area is 113 Å². The van der Waals surface area contributed by atoms with Crippen LogP contribution in [0.3, 0.4) is 0 Å². The molecule has 102 valence electrons. The van der Waals surface area contributed by atoms with E-state index in [2.05, 4.69) is 16.9 Å². The maximum absolute atomic E-state index is 12.2. The second-order valence-corrected chi connectivity index (χ2v) is 5.37. The van der Waals surface area contributed by atoms with Crippen LogP contribution in [0.4, 0.5) is 0 Å². The maximum atomic E-state index is 12.2. The third-order valence-electron chi connectivity index (χ3n) is 4.04. The third kappa shape index (κ3) is 2.80. The van der Waals surface area contributed by atoms with Gasteiger partial charge in [-0.2, -0.15) is 0 Å². The van der Waals surface area contributed by atoms with Gasteiger partial charge in [0.25, 0.3) is 5.91 Å². The third-order valence-corrected chi connectivity index (χ3v) is 4.04. The van der Waals surface area contributed by atoms with Crippen molar-refractivity contribution in [3.63, 3.8) is 0 Å². The normalized spacial score (nSPS) is 23.1. The molecule has 4 nitrogen and oxygen atoms in total. The molecule has 2 aliphatic rings. The van der Waals surface area contributed by atoms with E-state index in [1.807, 2.05) is 18.2 Å². The molecule has 3 rings (SSSR count). The fourth-order valence-corrected chi connectivity index (χ4v) is 2.95. The van der Waals surface area contributed by atoms with Crippen molar-refractivity contribution in [1.29, 1.82) is 0 Å². The van der Waals surface area contributed by atoms with Crippen molar-refractivity contribution in [3.8, 4) is 0 Å². The SMILES string of the molecule is O=C(NOC1CCCC1)C1CNCc2ccccc21. The molecule has 0 saturated heterocycles. The summed E-state index contributed by atoms with van der Waals surface area (Å²) in [5.74, 6) is -0.182. The molecule has 1 unspecified atom stereocenters. The molecule has 1 amide bonds. The van der Waals surface area contributed by atoms with Crippen molar-refractivity contribution in [2.75, 3.05) is 6.54 Å². The molecule has 0 radical (unpaired) electrons. The number of benzene rings is 1. The van der Waals surface area contributed by atoms with Gasteiger partial charge in [0, 0.05) is 13.1 Å². The van der Waals surface area contributed by atoms with Crippen molar-refractivity contribution in [2.24, 2.45) is 0 Å². The minimum atomic E-state index is -0.147. The Bertz CT molecular complexity index is 455. The van der Waals surface area contributed by atoms with Crippen molar-refractivity contribution in [1.82, 2.24) is 10.8 Å². The number of hydroxylamine groups is 1. The summed E-state index contributed by atoms with van der Waals surface area (Å²) in [4.78, 5) is 17.7. The first-order chi connectivity index (χ1) is 9.34. The predicted molar refractivity (Wildman–Crippen MR) is 72.4 cm³/mol. The monoisotopic (exact) mass is 260 g/mol. The lowest BCUT2D eigenvalue weighted by molar-refractivity contribution is -0.139. The Balaban J connectivity index is 1.64. The van der Waals surface area contributed by atoms with Gasteiger partial charge in [-0.05, 0) is 24.0 Å². The number of rotatable bonds is 3. The summed E-state index contributed by atoms with van der Waals surface area (Å²) in [6, 6.07) is 8.10. The molecule has 1 aliphatic carbocycles. The number of amides is 1. The summed E-state index contributed by atoms with van der Waals surface area (Å²) in [5.41, 5.74) is 4.98. The molecular weight excluding hydrogens is 240 g/mol. The first-order valence-electron chi connectivity index (χ1n) is 7.08. The minimum Gasteiger partial charge on any atom is -0.312 e. The second kappa shape index (κ2) is 5.72. The summed E-state index contributed by atoms with van der Waals surface area (Å²) in [7, 11) is 0. The fraction of sp³-hybridized carbons (Fsp3) is 0.533. The summed E-state index contributed by atoms with van der Waals surface area (Å²) in [5, 5.41) is 3.28. The molecule has 2 N–H and O–H groups in total. The standard InChI is InChI=1S/C15H20N2O2/c18-15(17-19-12-6-2-3-7-12)14-10-16-9-11-5-1-4-8-13(11)14/h1,4-5,8,12,14,16H,2-3,6-7,9-10H2,(H,17,18). The molecule has 1 saturated carbocycles. The quantitative estimate of drug-likeness (QED) is 0.816. The van der Waals surface area contributed by atoms with Gasteiger partial charge in [-0.25, -0.2) is 5.48 Å². The first kappa shape index (κ1) is 12.6. The molecule has 0 spiro atoms.